The van der Waals surface area contributed by atoms with Gasteiger partial charge in [0.25, 0.3) is 0 Å². The third-order valence-corrected chi connectivity index (χ3v) is 2.75. The highest BCUT2D eigenvalue weighted by Crippen LogP contribution is 2.30. The van der Waals surface area contributed by atoms with E-state index in [9.17, 15) is 0 Å². The van der Waals surface area contributed by atoms with Gasteiger partial charge in [-0.2, -0.15) is 0 Å². The first kappa shape index (κ1) is 18.3. The molecule has 1 heteroatoms. The fraction of sp³-hybridized carbons (Fsp3) is 1.00. The molecule has 1 saturated heterocycles. The first-order valence-electron chi connectivity index (χ1n) is 7.26. The molecule has 0 radical (unpaired) electrons. The molecular formula is C15H35N. The summed E-state index contributed by atoms with van der Waals surface area (Å²) < 4.78 is 0. The van der Waals surface area contributed by atoms with Crippen LogP contribution in [0.25, 0.3) is 0 Å². The van der Waals surface area contributed by atoms with E-state index < -0.39 is 0 Å². The molecule has 1 heterocycles. The van der Waals surface area contributed by atoms with E-state index in [0.717, 1.165) is 5.92 Å². The first-order chi connectivity index (χ1) is 7.55. The summed E-state index contributed by atoms with van der Waals surface area (Å²) in [5.41, 5.74) is 0.525. The van der Waals surface area contributed by atoms with Crippen LogP contribution in [0.1, 0.15) is 74.1 Å². The smallest absolute Gasteiger partial charge is 0.000262 e. The second-order valence-electron chi connectivity index (χ2n) is 5.32. The molecule has 0 amide bonds. The summed E-state index contributed by atoms with van der Waals surface area (Å²) >= 11 is 0. The zero-order valence-electron chi connectivity index (χ0n) is 12.8. The van der Waals surface area contributed by atoms with E-state index >= 15 is 0 Å². The van der Waals surface area contributed by atoms with Crippen molar-refractivity contribution >= 4 is 0 Å². The van der Waals surface area contributed by atoms with E-state index in [-0.39, 0.29) is 0 Å². The number of hydrogen-bond acceptors (Lipinski definition) is 1. The Labute approximate surface area is 104 Å². The van der Waals surface area contributed by atoms with Gasteiger partial charge in [-0.25, -0.2) is 0 Å². The van der Waals surface area contributed by atoms with E-state index in [2.05, 4.69) is 39.9 Å². The fourth-order valence-corrected chi connectivity index (χ4v) is 2.04. The molecule has 0 aromatic rings. The highest BCUT2D eigenvalue weighted by molar-refractivity contribution is 4.79. The summed E-state index contributed by atoms with van der Waals surface area (Å²) in [6.07, 6.45) is 5.38. The summed E-state index contributed by atoms with van der Waals surface area (Å²) in [6, 6.07) is 0. The third-order valence-electron chi connectivity index (χ3n) is 2.75. The van der Waals surface area contributed by atoms with Gasteiger partial charge in [-0.05, 0) is 30.7 Å². The molecule has 1 aliphatic rings. The average Bonchev–Trinajstić information content (AvgIpc) is 2.43. The van der Waals surface area contributed by atoms with E-state index in [1.54, 1.807) is 0 Å². The molecule has 0 bridgehead atoms. The van der Waals surface area contributed by atoms with Gasteiger partial charge < -0.3 is 5.32 Å². The first-order valence-corrected chi connectivity index (χ1v) is 7.26. The Morgan fingerprint density at radius 2 is 1.62 bits per heavy atom. The third kappa shape index (κ3) is 10.5. The predicted molar refractivity (Wildman–Crippen MR) is 77.0 cm³/mol. The van der Waals surface area contributed by atoms with Crippen molar-refractivity contribution in [1.82, 2.24) is 5.32 Å². The number of nitrogens with one attached hydrogen (secondary N) is 1. The lowest BCUT2D eigenvalue weighted by molar-refractivity contribution is 0.280. The molecular weight excluding hydrogens is 194 g/mol. The second kappa shape index (κ2) is 11.4. The molecule has 1 rings (SSSR count). The predicted octanol–water partition coefficient (Wildman–Crippen LogP) is 4.86. The lowest BCUT2D eigenvalue weighted by Gasteiger charge is -2.25. The van der Waals surface area contributed by atoms with Crippen molar-refractivity contribution < 1.29 is 0 Å². The van der Waals surface area contributed by atoms with Crippen LogP contribution in [-0.4, -0.2) is 13.1 Å². The Morgan fingerprint density at radius 3 is 2.06 bits per heavy atom. The lowest BCUT2D eigenvalue weighted by Crippen LogP contribution is -2.27. The Balaban J connectivity index is 0. The Kier molecular flexibility index (Phi) is 13.1. The van der Waals surface area contributed by atoms with Gasteiger partial charge >= 0.3 is 0 Å². The summed E-state index contributed by atoms with van der Waals surface area (Å²) in [5, 5.41) is 3.50. The van der Waals surface area contributed by atoms with Crippen LogP contribution in [-0.2, 0) is 0 Å². The summed E-state index contributed by atoms with van der Waals surface area (Å²) in [6.45, 7) is 17.7. The molecule has 1 fully saturated rings. The molecule has 1 nitrogen and oxygen atoms in total. The minimum atomic E-state index is 0.525. The summed E-state index contributed by atoms with van der Waals surface area (Å²) in [4.78, 5) is 0. The maximum atomic E-state index is 3.50. The standard InChI is InChI=1S/C10H21N.C3H8.C2H6/c1-4-9-5-6-11-8-10(2,3)7-9;1-3-2;1-2/h9,11H,4-8H2,1-3H3;3H2,1-2H3;1-2H3. The van der Waals surface area contributed by atoms with Crippen molar-refractivity contribution in [1.29, 1.82) is 0 Å². The molecule has 0 aromatic carbocycles. The van der Waals surface area contributed by atoms with Crippen LogP contribution in [0.2, 0.25) is 0 Å². The topological polar surface area (TPSA) is 12.0 Å². The van der Waals surface area contributed by atoms with E-state index in [4.69, 9.17) is 0 Å². The van der Waals surface area contributed by atoms with Crippen molar-refractivity contribution in [3.63, 3.8) is 0 Å². The van der Waals surface area contributed by atoms with Gasteiger partial charge in [-0.1, -0.05) is 61.3 Å². The van der Waals surface area contributed by atoms with Gasteiger partial charge in [0.05, 0.1) is 0 Å². The molecule has 100 valence electrons. The van der Waals surface area contributed by atoms with Gasteiger partial charge in [0, 0.05) is 6.54 Å². The zero-order valence-corrected chi connectivity index (χ0v) is 12.8. The monoisotopic (exact) mass is 229 g/mol. The van der Waals surface area contributed by atoms with Crippen molar-refractivity contribution in [2.45, 2.75) is 74.1 Å². The van der Waals surface area contributed by atoms with Gasteiger partial charge in [0.2, 0.25) is 0 Å². The minimum absolute atomic E-state index is 0.525. The molecule has 16 heavy (non-hydrogen) atoms. The highest BCUT2D eigenvalue weighted by atomic mass is 14.9. The molecule has 1 unspecified atom stereocenters. The maximum absolute atomic E-state index is 3.50. The van der Waals surface area contributed by atoms with E-state index in [1.165, 1.54) is 38.8 Å². The Hall–Kier alpha value is -0.0400. The van der Waals surface area contributed by atoms with Crippen LogP contribution in [0, 0.1) is 11.3 Å². The highest BCUT2D eigenvalue weighted by Gasteiger charge is 2.24. The van der Waals surface area contributed by atoms with Crippen molar-refractivity contribution in [3.05, 3.63) is 0 Å². The van der Waals surface area contributed by atoms with Crippen LogP contribution in [0.5, 0.6) is 0 Å². The Morgan fingerprint density at radius 1 is 1.12 bits per heavy atom. The molecule has 0 spiro atoms. The van der Waals surface area contributed by atoms with Crippen molar-refractivity contribution in [2.75, 3.05) is 13.1 Å². The molecule has 1 aliphatic heterocycles. The normalized spacial score (nSPS) is 23.1. The second-order valence-corrected chi connectivity index (χ2v) is 5.32. The van der Waals surface area contributed by atoms with Crippen LogP contribution >= 0.6 is 0 Å². The molecule has 0 aliphatic carbocycles. The van der Waals surface area contributed by atoms with Gasteiger partial charge in [-0.3, -0.25) is 0 Å². The van der Waals surface area contributed by atoms with Crippen molar-refractivity contribution in [3.8, 4) is 0 Å². The van der Waals surface area contributed by atoms with Crippen molar-refractivity contribution in [2.24, 2.45) is 11.3 Å². The SMILES string of the molecule is CC.CCC.CCC1CCNCC(C)(C)C1. The number of hydrogen-bond donors (Lipinski definition) is 1. The molecule has 0 saturated carbocycles. The quantitative estimate of drug-likeness (QED) is 0.677. The largest absolute Gasteiger partial charge is 0.316 e. The average molecular weight is 229 g/mol. The summed E-state index contributed by atoms with van der Waals surface area (Å²) in [7, 11) is 0. The number of rotatable bonds is 1. The molecule has 0 aromatic heterocycles. The van der Waals surface area contributed by atoms with Crippen LogP contribution in [0.15, 0.2) is 0 Å². The van der Waals surface area contributed by atoms with Gasteiger partial charge in [-0.15, -0.1) is 0 Å². The molecule has 1 N–H and O–H groups in total. The van der Waals surface area contributed by atoms with E-state index in [0.29, 0.717) is 5.41 Å². The summed E-state index contributed by atoms with van der Waals surface area (Å²) in [5.74, 6) is 0.958. The van der Waals surface area contributed by atoms with E-state index in [1.807, 2.05) is 13.8 Å². The van der Waals surface area contributed by atoms with Crippen LogP contribution in [0.3, 0.4) is 0 Å². The fourth-order valence-electron chi connectivity index (χ4n) is 2.04. The van der Waals surface area contributed by atoms with Gasteiger partial charge in [0.15, 0.2) is 0 Å². The van der Waals surface area contributed by atoms with Gasteiger partial charge in [0.1, 0.15) is 0 Å². The van der Waals surface area contributed by atoms with Crippen LogP contribution < -0.4 is 5.32 Å². The maximum Gasteiger partial charge on any atom is 0.000262 e. The lowest BCUT2D eigenvalue weighted by atomic mass is 9.82. The minimum Gasteiger partial charge on any atom is -0.316 e. The van der Waals surface area contributed by atoms with Crippen LogP contribution in [0.4, 0.5) is 0 Å². The Bertz CT molecular complexity index is 129. The molecule has 1 atom stereocenters. The zero-order chi connectivity index (χ0) is 13.0.